The lowest BCUT2D eigenvalue weighted by molar-refractivity contribution is 0.153. The topological polar surface area (TPSA) is 63.2 Å². The fraction of sp³-hybridized carbons (Fsp3) is 0.467. The van der Waals surface area contributed by atoms with Crippen molar-refractivity contribution in [3.8, 4) is 0 Å². The van der Waals surface area contributed by atoms with Crippen LogP contribution < -0.4 is 9.39 Å². The Balaban J connectivity index is 2.72. The van der Waals surface area contributed by atoms with Crippen LogP contribution in [0.3, 0.4) is 0 Å². The third kappa shape index (κ3) is 8.46. The Morgan fingerprint density at radius 1 is 1.40 bits per heavy atom. The van der Waals surface area contributed by atoms with Gasteiger partial charge in [-0.25, -0.2) is 4.79 Å². The van der Waals surface area contributed by atoms with E-state index in [0.29, 0.717) is 5.04 Å². The zero-order valence-corrected chi connectivity index (χ0v) is 18.3. The van der Waals surface area contributed by atoms with E-state index in [2.05, 4.69) is 10.5 Å². The molecule has 1 aromatic rings. The number of anilines is 1. The van der Waals surface area contributed by atoms with Gasteiger partial charge >= 0.3 is 6.09 Å². The van der Waals surface area contributed by atoms with Crippen LogP contribution in [0.4, 0.5) is 10.5 Å². The second-order valence-electron chi connectivity index (χ2n) is 5.21. The molecule has 140 valence electrons. The van der Waals surface area contributed by atoms with Crippen molar-refractivity contribution in [1.29, 1.82) is 0 Å². The number of nitrogens with one attached hydrogen (secondary N) is 1. The molecule has 1 N–H and O–H groups in total. The highest BCUT2D eigenvalue weighted by atomic mass is 32.5. The number of carbonyl (C=O) groups excluding carboxylic acids is 1. The second-order valence-corrected chi connectivity index (χ2v) is 11.6. The number of thioether (sulfide) groups is 1. The maximum absolute atomic E-state index is 11.7. The molecule has 1 unspecified atom stereocenters. The molecule has 0 spiro atoms. The van der Waals surface area contributed by atoms with E-state index >= 15 is 0 Å². The fourth-order valence-corrected chi connectivity index (χ4v) is 6.17. The van der Waals surface area contributed by atoms with Crippen molar-refractivity contribution in [3.63, 3.8) is 0 Å². The maximum Gasteiger partial charge on any atom is 0.434 e. The van der Waals surface area contributed by atoms with Crippen LogP contribution in [0.15, 0.2) is 35.5 Å². The fourth-order valence-electron chi connectivity index (χ4n) is 1.71. The number of hydrogen-bond acceptors (Lipinski definition) is 7. The first-order valence-corrected chi connectivity index (χ1v) is 12.8. The number of hydrogen-bond donors (Lipinski definition) is 1. The Morgan fingerprint density at radius 2 is 2.04 bits per heavy atom. The van der Waals surface area contributed by atoms with Gasteiger partial charge in [-0.1, -0.05) is 23.4 Å². The molecule has 10 heteroatoms. The molecular weight excluding hydrogens is 397 g/mol. The first kappa shape index (κ1) is 22.3. The highest BCUT2D eigenvalue weighted by Crippen LogP contribution is 2.54. The van der Waals surface area contributed by atoms with Gasteiger partial charge in [0, 0.05) is 6.66 Å². The average Bonchev–Trinajstić information content (AvgIpc) is 2.55. The quantitative estimate of drug-likeness (QED) is 0.122. The van der Waals surface area contributed by atoms with Crippen molar-refractivity contribution >= 4 is 58.8 Å². The number of carbonyl (C=O) groups is 1. The molecule has 1 rings (SSSR count). The zero-order valence-electron chi connectivity index (χ0n) is 15.0. The molecule has 0 radical (unpaired) electrons. The van der Waals surface area contributed by atoms with Gasteiger partial charge in [0.2, 0.25) is 0 Å². The summed E-state index contributed by atoms with van der Waals surface area (Å²) >= 11 is 8.52. The molecule has 0 aliphatic heterocycles. The van der Waals surface area contributed by atoms with Crippen molar-refractivity contribution in [2.45, 2.75) is 26.9 Å². The van der Waals surface area contributed by atoms with Crippen LogP contribution in [-0.4, -0.2) is 36.0 Å². The van der Waals surface area contributed by atoms with E-state index < -0.39 is 12.5 Å². The zero-order chi connectivity index (χ0) is 18.9. The molecule has 0 heterocycles. The standard InChI is InChI=1S/C15H24N3O3PS3/c1-12(2)21-22(4,23)18(14-9-7-6-8-10-14)25-11-16-15(19)20-17-13(3)24-5/h6-10,12H,11H2,1-5H3,(H,16,19)/b17-13+. The lowest BCUT2D eigenvalue weighted by Crippen LogP contribution is -2.25. The van der Waals surface area contributed by atoms with Crippen molar-refractivity contribution < 1.29 is 14.2 Å². The molecule has 0 aromatic heterocycles. The summed E-state index contributed by atoms with van der Waals surface area (Å²) in [4.78, 5) is 16.4. The van der Waals surface area contributed by atoms with Gasteiger partial charge in [0.1, 0.15) is 5.04 Å². The molecule has 0 saturated carbocycles. The van der Waals surface area contributed by atoms with Crippen molar-refractivity contribution in [2.24, 2.45) is 5.16 Å². The number of benzene rings is 1. The minimum absolute atomic E-state index is 0.0180. The van der Waals surface area contributed by atoms with E-state index in [-0.39, 0.29) is 12.0 Å². The van der Waals surface area contributed by atoms with Crippen LogP contribution in [-0.2, 0) is 21.2 Å². The Morgan fingerprint density at radius 3 is 2.60 bits per heavy atom. The van der Waals surface area contributed by atoms with Crippen molar-refractivity contribution in [3.05, 3.63) is 30.3 Å². The van der Waals surface area contributed by atoms with Crippen LogP contribution >= 0.6 is 30.1 Å². The lowest BCUT2D eigenvalue weighted by Gasteiger charge is -2.33. The van der Waals surface area contributed by atoms with Gasteiger partial charge in [0.05, 0.1) is 17.7 Å². The van der Waals surface area contributed by atoms with Crippen molar-refractivity contribution in [1.82, 2.24) is 5.32 Å². The van der Waals surface area contributed by atoms with Crippen LogP contribution in [0.2, 0.25) is 0 Å². The normalized spacial score (nSPS) is 14.1. The van der Waals surface area contributed by atoms with E-state index in [0.717, 1.165) is 5.69 Å². The lowest BCUT2D eigenvalue weighted by atomic mass is 10.3. The first-order chi connectivity index (χ1) is 11.8. The molecule has 25 heavy (non-hydrogen) atoms. The summed E-state index contributed by atoms with van der Waals surface area (Å²) in [5, 5.41) is 7.01. The minimum Gasteiger partial charge on any atom is -0.331 e. The third-order valence-corrected chi connectivity index (χ3v) is 8.11. The third-order valence-electron chi connectivity index (χ3n) is 2.67. The Kier molecular flexibility index (Phi) is 9.89. The summed E-state index contributed by atoms with van der Waals surface area (Å²) in [7, 11) is 0. The molecule has 0 aliphatic carbocycles. The summed E-state index contributed by atoms with van der Waals surface area (Å²) < 4.78 is 7.93. The predicted molar refractivity (Wildman–Crippen MR) is 114 cm³/mol. The Labute approximate surface area is 163 Å². The Hall–Kier alpha value is -0.730. The Bertz CT molecular complexity index is 629. The molecule has 6 nitrogen and oxygen atoms in total. The molecule has 0 bridgehead atoms. The number of nitrogens with zero attached hydrogens (tertiary/aromatic N) is 2. The van der Waals surface area contributed by atoms with Crippen LogP contribution in [0.5, 0.6) is 0 Å². The van der Waals surface area contributed by atoms with Gasteiger partial charge in [-0.3, -0.25) is 8.91 Å². The number of oxime groups is 1. The number of rotatable bonds is 8. The van der Waals surface area contributed by atoms with Gasteiger partial charge < -0.3 is 9.84 Å². The van der Waals surface area contributed by atoms with Gasteiger partial charge in [0.25, 0.3) is 0 Å². The van der Waals surface area contributed by atoms with E-state index in [9.17, 15) is 4.79 Å². The highest BCUT2D eigenvalue weighted by Gasteiger charge is 2.24. The molecule has 0 aliphatic rings. The summed E-state index contributed by atoms with van der Waals surface area (Å²) in [5.74, 6) is 0.287. The largest absolute Gasteiger partial charge is 0.434 e. The first-order valence-electron chi connectivity index (χ1n) is 7.54. The van der Waals surface area contributed by atoms with E-state index in [1.165, 1.54) is 23.7 Å². The molecule has 1 atom stereocenters. The number of para-hydroxylation sites is 1. The highest BCUT2D eigenvalue weighted by molar-refractivity contribution is 8.21. The minimum atomic E-state index is -2.27. The smallest absolute Gasteiger partial charge is 0.331 e. The van der Waals surface area contributed by atoms with Gasteiger partial charge in [-0.15, -0.1) is 11.8 Å². The van der Waals surface area contributed by atoms with E-state index in [4.69, 9.17) is 21.2 Å². The van der Waals surface area contributed by atoms with E-state index in [1.54, 1.807) is 6.92 Å². The SMILES string of the molecule is CS/C(C)=N/OC(=O)NCSN(c1ccccc1)P(C)(=S)OC(C)C. The molecular formula is C15H24N3O3PS3. The predicted octanol–water partition coefficient (Wildman–Crippen LogP) is 4.89. The van der Waals surface area contributed by atoms with Gasteiger partial charge in [-0.2, -0.15) is 0 Å². The second kappa shape index (κ2) is 11.1. The summed E-state index contributed by atoms with van der Waals surface area (Å²) in [5.41, 5.74) is 0.936. The molecule has 0 saturated heterocycles. The van der Waals surface area contributed by atoms with Crippen LogP contribution in [0.25, 0.3) is 0 Å². The monoisotopic (exact) mass is 421 g/mol. The summed E-state index contributed by atoms with van der Waals surface area (Å²) in [6.07, 6.45) is -1.00. The average molecular weight is 422 g/mol. The van der Waals surface area contributed by atoms with Crippen LogP contribution in [0, 0.1) is 0 Å². The maximum atomic E-state index is 11.7. The molecule has 1 aromatic carbocycles. The van der Waals surface area contributed by atoms with Crippen molar-refractivity contribution in [2.75, 3.05) is 22.9 Å². The van der Waals surface area contributed by atoms with Crippen LogP contribution in [0.1, 0.15) is 20.8 Å². The van der Waals surface area contributed by atoms with Gasteiger partial charge in [-0.05, 0) is 62.9 Å². The molecule has 0 fully saturated rings. The number of amides is 1. The van der Waals surface area contributed by atoms with E-state index in [1.807, 2.05) is 61.2 Å². The van der Waals surface area contributed by atoms with Gasteiger partial charge in [0.15, 0.2) is 6.42 Å². The molecule has 1 amide bonds. The summed E-state index contributed by atoms with van der Waals surface area (Å²) in [6, 6.07) is 9.75. The summed E-state index contributed by atoms with van der Waals surface area (Å²) in [6.45, 7) is 7.60.